The summed E-state index contributed by atoms with van der Waals surface area (Å²) in [6.45, 7) is 4.18. The number of aliphatic carboxylic acids is 1. The van der Waals surface area contributed by atoms with Gasteiger partial charge < -0.3 is 5.11 Å². The number of carboxylic acids is 1. The van der Waals surface area contributed by atoms with Crippen LogP contribution in [0.1, 0.15) is 33.1 Å². The fourth-order valence-corrected chi connectivity index (χ4v) is 1.34. The van der Waals surface area contributed by atoms with Crippen molar-refractivity contribution in [3.8, 4) is 0 Å². The van der Waals surface area contributed by atoms with Crippen LogP contribution in [0.4, 0.5) is 0 Å². The van der Waals surface area contributed by atoms with Crippen molar-refractivity contribution in [1.29, 1.82) is 0 Å². The lowest BCUT2D eigenvalue weighted by Crippen LogP contribution is -2.39. The van der Waals surface area contributed by atoms with E-state index < -0.39 is 11.4 Å². The average molecular weight is 215 g/mol. The molecule has 1 saturated heterocycles. The fourth-order valence-electron chi connectivity index (χ4n) is 1.34. The Labute approximate surface area is 89.0 Å². The lowest BCUT2D eigenvalue weighted by atomic mass is 9.89. The van der Waals surface area contributed by atoms with Crippen molar-refractivity contribution in [1.82, 2.24) is 5.06 Å². The molecule has 0 saturated carbocycles. The maximum Gasteiger partial charge on any atom is 0.309 e. The van der Waals surface area contributed by atoms with E-state index in [-0.39, 0.29) is 12.3 Å². The SMILES string of the molecule is CC(C)(CC(=O)N1CCCCO1)C(=O)O. The van der Waals surface area contributed by atoms with Crippen LogP contribution in [0.25, 0.3) is 0 Å². The summed E-state index contributed by atoms with van der Waals surface area (Å²) in [5, 5.41) is 10.2. The Morgan fingerprint density at radius 3 is 2.53 bits per heavy atom. The van der Waals surface area contributed by atoms with Crippen LogP contribution in [0.15, 0.2) is 0 Å². The standard InChI is InChI=1S/C10H17NO4/c1-10(2,9(13)14)7-8(12)11-5-3-4-6-15-11/h3-7H2,1-2H3,(H,13,14). The van der Waals surface area contributed by atoms with Gasteiger partial charge in [0.1, 0.15) is 0 Å². The molecule has 0 aromatic rings. The number of hydrogen-bond acceptors (Lipinski definition) is 3. The number of hydrogen-bond donors (Lipinski definition) is 1. The minimum atomic E-state index is -1.03. The van der Waals surface area contributed by atoms with Crippen molar-refractivity contribution < 1.29 is 19.5 Å². The molecule has 0 aromatic heterocycles. The van der Waals surface area contributed by atoms with Crippen LogP contribution in [0, 0.1) is 5.41 Å². The van der Waals surface area contributed by atoms with Gasteiger partial charge in [0.05, 0.1) is 12.0 Å². The van der Waals surface area contributed by atoms with Crippen LogP contribution in [0.2, 0.25) is 0 Å². The van der Waals surface area contributed by atoms with Crippen LogP contribution in [0.5, 0.6) is 0 Å². The first-order valence-electron chi connectivity index (χ1n) is 5.10. The summed E-state index contributed by atoms with van der Waals surface area (Å²) in [5.74, 6) is -1.21. The number of carbonyl (C=O) groups excluding carboxylic acids is 1. The first-order valence-corrected chi connectivity index (χ1v) is 5.10. The van der Waals surface area contributed by atoms with E-state index in [9.17, 15) is 9.59 Å². The van der Waals surface area contributed by atoms with E-state index >= 15 is 0 Å². The first-order chi connectivity index (χ1) is 6.93. The maximum absolute atomic E-state index is 11.7. The number of rotatable bonds is 3. The molecule has 0 atom stereocenters. The molecule has 0 aromatic carbocycles. The zero-order chi connectivity index (χ0) is 11.5. The maximum atomic E-state index is 11.7. The van der Waals surface area contributed by atoms with Crippen molar-refractivity contribution in [2.24, 2.45) is 5.41 Å². The summed E-state index contributed by atoms with van der Waals surface area (Å²) < 4.78 is 0. The number of amides is 1. The number of carbonyl (C=O) groups is 2. The van der Waals surface area contributed by atoms with Crippen molar-refractivity contribution in [2.45, 2.75) is 33.1 Å². The zero-order valence-corrected chi connectivity index (χ0v) is 9.15. The lowest BCUT2D eigenvalue weighted by molar-refractivity contribution is -0.199. The Balaban J connectivity index is 2.50. The molecular weight excluding hydrogens is 198 g/mol. The molecule has 15 heavy (non-hydrogen) atoms. The van der Waals surface area contributed by atoms with Gasteiger partial charge in [-0.1, -0.05) is 0 Å². The Bertz CT molecular complexity index is 256. The highest BCUT2D eigenvalue weighted by Crippen LogP contribution is 2.22. The van der Waals surface area contributed by atoms with Crippen molar-refractivity contribution in [2.75, 3.05) is 13.2 Å². The average Bonchev–Trinajstić information content (AvgIpc) is 2.18. The third kappa shape index (κ3) is 3.20. The van der Waals surface area contributed by atoms with Gasteiger partial charge in [0.15, 0.2) is 0 Å². The van der Waals surface area contributed by atoms with Gasteiger partial charge in [0, 0.05) is 13.0 Å². The van der Waals surface area contributed by atoms with E-state index in [0.29, 0.717) is 13.2 Å². The molecule has 5 nitrogen and oxygen atoms in total. The molecular formula is C10H17NO4. The van der Waals surface area contributed by atoms with E-state index in [2.05, 4.69) is 0 Å². The van der Waals surface area contributed by atoms with E-state index in [1.807, 2.05) is 0 Å². The Morgan fingerprint density at radius 1 is 1.40 bits per heavy atom. The van der Waals surface area contributed by atoms with Gasteiger partial charge in [0.2, 0.25) is 5.91 Å². The van der Waals surface area contributed by atoms with Gasteiger partial charge in [-0.05, 0) is 26.7 Å². The molecule has 1 heterocycles. The molecule has 1 aliphatic heterocycles. The largest absolute Gasteiger partial charge is 0.481 e. The van der Waals surface area contributed by atoms with E-state index in [0.717, 1.165) is 12.8 Å². The van der Waals surface area contributed by atoms with Gasteiger partial charge in [0.25, 0.3) is 0 Å². The number of carboxylic acid groups (broad SMARTS) is 1. The zero-order valence-electron chi connectivity index (χ0n) is 9.15. The quantitative estimate of drug-likeness (QED) is 0.763. The molecule has 86 valence electrons. The first kappa shape index (κ1) is 12.0. The second kappa shape index (κ2) is 4.61. The molecule has 1 aliphatic rings. The second-order valence-electron chi connectivity index (χ2n) is 4.40. The highest BCUT2D eigenvalue weighted by molar-refractivity contribution is 5.83. The van der Waals surface area contributed by atoms with Gasteiger partial charge in [-0.25, -0.2) is 5.06 Å². The van der Waals surface area contributed by atoms with Gasteiger partial charge in [-0.15, -0.1) is 0 Å². The fraction of sp³-hybridized carbons (Fsp3) is 0.800. The Kier molecular flexibility index (Phi) is 3.68. The molecule has 5 heteroatoms. The summed E-state index contributed by atoms with van der Waals surface area (Å²) >= 11 is 0. The molecule has 0 bridgehead atoms. The monoisotopic (exact) mass is 215 g/mol. The van der Waals surface area contributed by atoms with Gasteiger partial charge in [-0.3, -0.25) is 14.4 Å². The minimum Gasteiger partial charge on any atom is -0.481 e. The van der Waals surface area contributed by atoms with Crippen molar-refractivity contribution >= 4 is 11.9 Å². The molecule has 1 rings (SSSR count). The van der Waals surface area contributed by atoms with E-state index in [4.69, 9.17) is 9.94 Å². The normalized spacial score (nSPS) is 17.6. The van der Waals surface area contributed by atoms with Crippen molar-refractivity contribution in [3.63, 3.8) is 0 Å². The Hall–Kier alpha value is -1.10. The summed E-state index contributed by atoms with van der Waals surface area (Å²) in [7, 11) is 0. The van der Waals surface area contributed by atoms with Gasteiger partial charge in [-0.2, -0.15) is 0 Å². The van der Waals surface area contributed by atoms with Crippen LogP contribution in [0.3, 0.4) is 0 Å². The second-order valence-corrected chi connectivity index (χ2v) is 4.40. The molecule has 1 N–H and O–H groups in total. The predicted octanol–water partition coefficient (Wildman–Crippen LogP) is 1.04. The molecule has 1 fully saturated rings. The predicted molar refractivity (Wildman–Crippen MR) is 52.9 cm³/mol. The summed E-state index contributed by atoms with van der Waals surface area (Å²) in [6, 6.07) is 0. The summed E-state index contributed by atoms with van der Waals surface area (Å²) in [6.07, 6.45) is 1.84. The molecule has 0 aliphatic carbocycles. The third-order valence-electron chi connectivity index (χ3n) is 2.45. The molecule has 1 amide bonds. The van der Waals surface area contributed by atoms with E-state index in [1.54, 1.807) is 0 Å². The molecule has 0 radical (unpaired) electrons. The molecule has 0 spiro atoms. The lowest BCUT2D eigenvalue weighted by Gasteiger charge is -2.28. The highest BCUT2D eigenvalue weighted by Gasteiger charge is 2.32. The van der Waals surface area contributed by atoms with Gasteiger partial charge >= 0.3 is 5.97 Å². The third-order valence-corrected chi connectivity index (χ3v) is 2.45. The number of hydroxylamine groups is 2. The summed E-state index contributed by atoms with van der Waals surface area (Å²) in [5.41, 5.74) is -1.03. The molecule has 0 unspecified atom stereocenters. The summed E-state index contributed by atoms with van der Waals surface area (Å²) in [4.78, 5) is 27.6. The van der Waals surface area contributed by atoms with Crippen LogP contribution >= 0.6 is 0 Å². The topological polar surface area (TPSA) is 66.8 Å². The van der Waals surface area contributed by atoms with E-state index in [1.165, 1.54) is 18.9 Å². The Morgan fingerprint density at radius 2 is 2.07 bits per heavy atom. The van der Waals surface area contributed by atoms with Crippen LogP contribution in [-0.2, 0) is 14.4 Å². The van der Waals surface area contributed by atoms with Crippen molar-refractivity contribution in [3.05, 3.63) is 0 Å². The minimum absolute atomic E-state index is 0.0255. The highest BCUT2D eigenvalue weighted by atomic mass is 16.7. The van der Waals surface area contributed by atoms with Crippen LogP contribution in [-0.4, -0.2) is 35.2 Å². The van der Waals surface area contributed by atoms with Crippen LogP contribution < -0.4 is 0 Å². The number of nitrogens with zero attached hydrogens (tertiary/aromatic N) is 1. The smallest absolute Gasteiger partial charge is 0.309 e.